The van der Waals surface area contributed by atoms with Crippen LogP contribution in [0.15, 0.2) is 24.3 Å². The number of carbonyl (C=O) groups is 1. The highest BCUT2D eigenvalue weighted by Gasteiger charge is 2.10. The fourth-order valence-electron chi connectivity index (χ4n) is 1.69. The third-order valence-electron chi connectivity index (χ3n) is 3.15. The second-order valence-corrected chi connectivity index (χ2v) is 4.51. The SMILES string of the molecule is CCOc1ccc(C(C)NCC(=O)N(C)CC)cc1. The van der Waals surface area contributed by atoms with E-state index in [0.29, 0.717) is 13.2 Å². The van der Waals surface area contributed by atoms with Gasteiger partial charge in [-0.1, -0.05) is 12.1 Å². The minimum atomic E-state index is 0.111. The number of ether oxygens (including phenoxy) is 1. The third kappa shape index (κ3) is 4.91. The van der Waals surface area contributed by atoms with Gasteiger partial charge in [0.2, 0.25) is 5.91 Å². The Morgan fingerprint density at radius 3 is 2.47 bits per heavy atom. The van der Waals surface area contributed by atoms with E-state index in [0.717, 1.165) is 17.9 Å². The molecule has 0 bridgehead atoms. The molecule has 19 heavy (non-hydrogen) atoms. The number of rotatable bonds is 7. The average molecular weight is 264 g/mol. The Morgan fingerprint density at radius 1 is 1.32 bits per heavy atom. The largest absolute Gasteiger partial charge is 0.494 e. The Balaban J connectivity index is 2.49. The predicted octanol–water partition coefficient (Wildman–Crippen LogP) is 2.21. The lowest BCUT2D eigenvalue weighted by atomic mass is 10.1. The molecule has 106 valence electrons. The highest BCUT2D eigenvalue weighted by molar-refractivity contribution is 5.77. The van der Waals surface area contributed by atoms with Crippen molar-refractivity contribution >= 4 is 5.91 Å². The summed E-state index contributed by atoms with van der Waals surface area (Å²) < 4.78 is 5.40. The molecule has 0 aliphatic rings. The van der Waals surface area contributed by atoms with Crippen LogP contribution < -0.4 is 10.1 Å². The lowest BCUT2D eigenvalue weighted by Gasteiger charge is -2.18. The first-order valence-corrected chi connectivity index (χ1v) is 6.78. The van der Waals surface area contributed by atoms with Gasteiger partial charge in [-0.3, -0.25) is 4.79 Å². The molecule has 1 aromatic carbocycles. The van der Waals surface area contributed by atoms with Crippen LogP contribution in [-0.4, -0.2) is 37.6 Å². The van der Waals surface area contributed by atoms with Gasteiger partial charge in [0, 0.05) is 19.6 Å². The van der Waals surface area contributed by atoms with Gasteiger partial charge < -0.3 is 15.0 Å². The van der Waals surface area contributed by atoms with Gasteiger partial charge in [-0.25, -0.2) is 0 Å². The molecule has 1 unspecified atom stereocenters. The van der Waals surface area contributed by atoms with Gasteiger partial charge >= 0.3 is 0 Å². The summed E-state index contributed by atoms with van der Waals surface area (Å²) in [6.45, 7) is 7.75. The van der Waals surface area contributed by atoms with Gasteiger partial charge in [-0.2, -0.15) is 0 Å². The van der Waals surface area contributed by atoms with Crippen LogP contribution in [0, 0.1) is 0 Å². The van der Waals surface area contributed by atoms with E-state index in [2.05, 4.69) is 12.2 Å². The summed E-state index contributed by atoms with van der Waals surface area (Å²) >= 11 is 0. The number of carbonyl (C=O) groups excluding carboxylic acids is 1. The van der Waals surface area contributed by atoms with Crippen LogP contribution in [0.1, 0.15) is 32.4 Å². The molecule has 0 aliphatic carbocycles. The summed E-state index contributed by atoms with van der Waals surface area (Å²) in [4.78, 5) is 13.4. The molecule has 0 saturated heterocycles. The molecule has 0 radical (unpaired) electrons. The van der Waals surface area contributed by atoms with Gasteiger partial charge in [-0.15, -0.1) is 0 Å². The lowest BCUT2D eigenvalue weighted by Crippen LogP contribution is -2.36. The number of likely N-dealkylation sites (N-methyl/N-ethyl adjacent to an activating group) is 1. The van der Waals surface area contributed by atoms with Crippen LogP contribution in [0.25, 0.3) is 0 Å². The zero-order valence-corrected chi connectivity index (χ0v) is 12.3. The van der Waals surface area contributed by atoms with Crippen LogP contribution in [0.3, 0.4) is 0 Å². The Kier molecular flexibility index (Phi) is 6.36. The van der Waals surface area contributed by atoms with Crippen molar-refractivity contribution in [2.45, 2.75) is 26.8 Å². The minimum absolute atomic E-state index is 0.111. The zero-order valence-electron chi connectivity index (χ0n) is 12.3. The molecule has 1 rings (SSSR count). The topological polar surface area (TPSA) is 41.6 Å². The van der Waals surface area contributed by atoms with Crippen molar-refractivity contribution in [3.05, 3.63) is 29.8 Å². The van der Waals surface area contributed by atoms with Gasteiger partial charge in [0.15, 0.2) is 0 Å². The normalized spacial score (nSPS) is 12.0. The minimum Gasteiger partial charge on any atom is -0.494 e. The maximum Gasteiger partial charge on any atom is 0.236 e. The molecule has 0 saturated carbocycles. The average Bonchev–Trinajstić information content (AvgIpc) is 2.44. The van der Waals surface area contributed by atoms with Gasteiger partial charge in [-0.05, 0) is 38.5 Å². The standard InChI is InChI=1S/C15H24N2O2/c1-5-17(4)15(18)11-16-12(3)13-7-9-14(10-8-13)19-6-2/h7-10,12,16H,5-6,11H2,1-4H3. The van der Waals surface area contributed by atoms with Crippen molar-refractivity contribution in [3.8, 4) is 5.75 Å². The first-order chi connectivity index (χ1) is 9.08. The summed E-state index contributed by atoms with van der Waals surface area (Å²) in [5.74, 6) is 0.987. The molecule has 1 N–H and O–H groups in total. The predicted molar refractivity (Wildman–Crippen MR) is 77.3 cm³/mol. The van der Waals surface area contributed by atoms with Crippen molar-refractivity contribution in [2.75, 3.05) is 26.7 Å². The molecule has 0 aromatic heterocycles. The molecule has 1 aromatic rings. The summed E-state index contributed by atoms with van der Waals surface area (Å²) in [6, 6.07) is 8.10. The smallest absolute Gasteiger partial charge is 0.236 e. The number of hydrogen-bond donors (Lipinski definition) is 1. The number of benzene rings is 1. The number of nitrogens with zero attached hydrogens (tertiary/aromatic N) is 1. The van der Waals surface area contributed by atoms with E-state index in [-0.39, 0.29) is 11.9 Å². The van der Waals surface area contributed by atoms with Crippen LogP contribution in [-0.2, 0) is 4.79 Å². The zero-order chi connectivity index (χ0) is 14.3. The molecule has 1 amide bonds. The Morgan fingerprint density at radius 2 is 1.95 bits per heavy atom. The summed E-state index contributed by atoms with van der Waals surface area (Å²) in [5, 5.41) is 3.23. The second kappa shape index (κ2) is 7.79. The number of hydrogen-bond acceptors (Lipinski definition) is 3. The Labute approximate surface area is 115 Å². The first kappa shape index (κ1) is 15.5. The van der Waals surface area contributed by atoms with Crippen molar-refractivity contribution in [1.82, 2.24) is 10.2 Å². The second-order valence-electron chi connectivity index (χ2n) is 4.51. The maximum atomic E-state index is 11.7. The van der Waals surface area contributed by atoms with Gasteiger partial charge in [0.25, 0.3) is 0 Å². The third-order valence-corrected chi connectivity index (χ3v) is 3.15. The van der Waals surface area contributed by atoms with E-state index in [1.54, 1.807) is 4.90 Å². The Bertz CT molecular complexity index is 390. The van der Waals surface area contributed by atoms with Gasteiger partial charge in [0.1, 0.15) is 5.75 Å². The fourth-order valence-corrected chi connectivity index (χ4v) is 1.69. The molecular weight excluding hydrogens is 240 g/mol. The molecule has 4 nitrogen and oxygen atoms in total. The number of nitrogens with one attached hydrogen (secondary N) is 1. The Hall–Kier alpha value is -1.55. The molecule has 0 spiro atoms. The summed E-state index contributed by atoms with van der Waals surface area (Å²) in [7, 11) is 1.81. The first-order valence-electron chi connectivity index (χ1n) is 6.78. The quantitative estimate of drug-likeness (QED) is 0.821. The molecular formula is C15H24N2O2. The summed E-state index contributed by atoms with van der Waals surface area (Å²) in [5.41, 5.74) is 1.15. The van der Waals surface area contributed by atoms with Crippen LogP contribution >= 0.6 is 0 Å². The fraction of sp³-hybridized carbons (Fsp3) is 0.533. The van der Waals surface area contributed by atoms with Gasteiger partial charge in [0.05, 0.1) is 13.2 Å². The lowest BCUT2D eigenvalue weighted by molar-refractivity contribution is -0.128. The van der Waals surface area contributed by atoms with Crippen molar-refractivity contribution in [3.63, 3.8) is 0 Å². The summed E-state index contributed by atoms with van der Waals surface area (Å²) in [6.07, 6.45) is 0. The molecule has 0 aliphatic heterocycles. The highest BCUT2D eigenvalue weighted by atomic mass is 16.5. The van der Waals surface area contributed by atoms with Crippen LogP contribution in [0.2, 0.25) is 0 Å². The van der Waals surface area contributed by atoms with Crippen molar-refractivity contribution in [2.24, 2.45) is 0 Å². The van der Waals surface area contributed by atoms with E-state index in [9.17, 15) is 4.79 Å². The van der Waals surface area contributed by atoms with E-state index in [1.807, 2.05) is 45.2 Å². The highest BCUT2D eigenvalue weighted by Crippen LogP contribution is 2.17. The van der Waals surface area contributed by atoms with E-state index < -0.39 is 0 Å². The molecule has 1 atom stereocenters. The molecule has 0 heterocycles. The van der Waals surface area contributed by atoms with Crippen molar-refractivity contribution < 1.29 is 9.53 Å². The molecule has 4 heteroatoms. The van der Waals surface area contributed by atoms with Crippen LogP contribution in [0.5, 0.6) is 5.75 Å². The maximum absolute atomic E-state index is 11.7. The van der Waals surface area contributed by atoms with E-state index >= 15 is 0 Å². The van der Waals surface area contributed by atoms with Crippen molar-refractivity contribution in [1.29, 1.82) is 0 Å². The van der Waals surface area contributed by atoms with Crippen LogP contribution in [0.4, 0.5) is 0 Å². The number of amides is 1. The van der Waals surface area contributed by atoms with E-state index in [1.165, 1.54) is 0 Å². The molecule has 0 fully saturated rings. The monoisotopic (exact) mass is 264 g/mol. The van der Waals surface area contributed by atoms with E-state index in [4.69, 9.17) is 4.74 Å².